The Labute approximate surface area is 184 Å². The van der Waals surface area contributed by atoms with E-state index in [4.69, 9.17) is 0 Å². The van der Waals surface area contributed by atoms with E-state index in [-0.39, 0.29) is 5.13 Å². The molecule has 1 heterocycles. The number of nitrogens with one attached hydrogen (secondary N) is 1. The van der Waals surface area contributed by atoms with Crippen LogP contribution < -0.4 is 5.32 Å². The van der Waals surface area contributed by atoms with Crippen LogP contribution in [0, 0.1) is 29.1 Å². The predicted molar refractivity (Wildman–Crippen MR) is 112 cm³/mol. The van der Waals surface area contributed by atoms with Crippen LogP contribution in [0.3, 0.4) is 0 Å². The number of carbonyl (C=O) groups excluding carboxylic acids is 1. The van der Waals surface area contributed by atoms with Crippen molar-refractivity contribution < 1.29 is 26.7 Å². The SMILES string of the molecule is CC(C)=CCC/C(C)=C/CSc1nnc(NC(=O)Cc2c(F)c(F)c(F)c(F)c2F)s1. The summed E-state index contributed by atoms with van der Waals surface area (Å²) in [5.74, 6) is -10.9. The molecule has 168 valence electrons. The topological polar surface area (TPSA) is 54.9 Å². The van der Waals surface area contributed by atoms with E-state index in [1.165, 1.54) is 22.9 Å². The lowest BCUT2D eigenvalue weighted by molar-refractivity contribution is -0.115. The van der Waals surface area contributed by atoms with Crippen LogP contribution in [-0.4, -0.2) is 21.9 Å². The number of carbonyl (C=O) groups is 1. The van der Waals surface area contributed by atoms with Gasteiger partial charge in [-0.25, -0.2) is 22.0 Å². The molecular formula is C20H20F5N3OS2. The van der Waals surface area contributed by atoms with Gasteiger partial charge in [-0.05, 0) is 33.6 Å². The van der Waals surface area contributed by atoms with Crippen molar-refractivity contribution in [2.24, 2.45) is 0 Å². The van der Waals surface area contributed by atoms with Crippen LogP contribution in [0.25, 0.3) is 0 Å². The van der Waals surface area contributed by atoms with Gasteiger partial charge in [0.05, 0.1) is 6.42 Å². The summed E-state index contributed by atoms with van der Waals surface area (Å²) >= 11 is 2.43. The Hall–Kier alpha value is -2.27. The Kier molecular flexibility index (Phi) is 9.17. The molecule has 11 heteroatoms. The summed E-state index contributed by atoms with van der Waals surface area (Å²) in [6.07, 6.45) is 5.10. The fourth-order valence-electron chi connectivity index (χ4n) is 2.39. The minimum absolute atomic E-state index is 0.0561. The average Bonchev–Trinajstić information content (AvgIpc) is 3.15. The fraction of sp³-hybridized carbons (Fsp3) is 0.350. The first kappa shape index (κ1) is 25.0. The maximum absolute atomic E-state index is 13.7. The van der Waals surface area contributed by atoms with Crippen LogP contribution >= 0.6 is 23.1 Å². The second kappa shape index (κ2) is 11.4. The molecule has 0 unspecified atom stereocenters. The van der Waals surface area contributed by atoms with Gasteiger partial charge in [0.25, 0.3) is 0 Å². The van der Waals surface area contributed by atoms with Gasteiger partial charge in [-0.1, -0.05) is 46.4 Å². The molecule has 2 aromatic rings. The van der Waals surface area contributed by atoms with Crippen LogP contribution in [0.1, 0.15) is 39.2 Å². The number of amides is 1. The second-order valence-corrected chi connectivity index (χ2v) is 9.07. The van der Waals surface area contributed by atoms with Gasteiger partial charge in [0.1, 0.15) is 0 Å². The maximum atomic E-state index is 13.7. The fourth-order valence-corrected chi connectivity index (χ4v) is 4.17. The van der Waals surface area contributed by atoms with Gasteiger partial charge in [0, 0.05) is 11.3 Å². The van der Waals surface area contributed by atoms with Gasteiger partial charge < -0.3 is 5.32 Å². The Morgan fingerprint density at radius 2 is 1.58 bits per heavy atom. The van der Waals surface area contributed by atoms with Crippen LogP contribution in [0.15, 0.2) is 27.6 Å². The van der Waals surface area contributed by atoms with Crippen molar-refractivity contribution in [1.29, 1.82) is 0 Å². The largest absolute Gasteiger partial charge is 0.300 e. The van der Waals surface area contributed by atoms with Crippen molar-refractivity contribution >= 4 is 34.1 Å². The van der Waals surface area contributed by atoms with E-state index in [0.717, 1.165) is 24.2 Å². The van der Waals surface area contributed by atoms with E-state index >= 15 is 0 Å². The van der Waals surface area contributed by atoms with Crippen molar-refractivity contribution in [2.75, 3.05) is 11.1 Å². The summed E-state index contributed by atoms with van der Waals surface area (Å²) in [7, 11) is 0. The smallest absolute Gasteiger partial charge is 0.230 e. The number of benzene rings is 1. The normalized spacial score (nSPS) is 11.5. The molecule has 1 N–H and O–H groups in total. The molecule has 0 atom stereocenters. The molecule has 0 fully saturated rings. The van der Waals surface area contributed by atoms with E-state index in [1.54, 1.807) is 0 Å². The van der Waals surface area contributed by atoms with Gasteiger partial charge in [-0.3, -0.25) is 4.79 Å². The van der Waals surface area contributed by atoms with E-state index < -0.39 is 47.0 Å². The Balaban J connectivity index is 1.92. The summed E-state index contributed by atoms with van der Waals surface area (Å²) < 4.78 is 67.5. The molecule has 2 rings (SSSR count). The Morgan fingerprint density at radius 1 is 0.968 bits per heavy atom. The van der Waals surface area contributed by atoms with Crippen molar-refractivity contribution in [1.82, 2.24) is 10.2 Å². The highest BCUT2D eigenvalue weighted by molar-refractivity contribution is 8.01. The molecule has 0 aliphatic rings. The third-order valence-corrected chi connectivity index (χ3v) is 5.92. The number of hydrogen-bond acceptors (Lipinski definition) is 5. The number of anilines is 1. The first-order valence-electron chi connectivity index (χ1n) is 9.15. The van der Waals surface area contributed by atoms with Crippen molar-refractivity contribution in [3.05, 3.63) is 57.9 Å². The lowest BCUT2D eigenvalue weighted by atomic mass is 10.1. The number of rotatable bonds is 9. The summed E-state index contributed by atoms with van der Waals surface area (Å²) in [4.78, 5) is 12.0. The minimum atomic E-state index is -2.27. The lowest BCUT2D eigenvalue weighted by Crippen LogP contribution is -2.18. The minimum Gasteiger partial charge on any atom is -0.300 e. The summed E-state index contributed by atoms with van der Waals surface area (Å²) in [6.45, 7) is 6.12. The second-order valence-electron chi connectivity index (χ2n) is 6.83. The van der Waals surface area contributed by atoms with Gasteiger partial charge in [0.2, 0.25) is 16.9 Å². The van der Waals surface area contributed by atoms with Gasteiger partial charge in [-0.15, -0.1) is 10.2 Å². The van der Waals surface area contributed by atoms with Crippen molar-refractivity contribution in [3.8, 4) is 0 Å². The first-order chi connectivity index (χ1) is 14.6. The Bertz CT molecular complexity index is 987. The van der Waals surface area contributed by atoms with Crippen molar-refractivity contribution in [3.63, 3.8) is 0 Å². The molecule has 1 aromatic heterocycles. The number of hydrogen-bond donors (Lipinski definition) is 1. The molecule has 0 bridgehead atoms. The van der Waals surface area contributed by atoms with Gasteiger partial charge in [0.15, 0.2) is 27.6 Å². The zero-order valence-corrected chi connectivity index (χ0v) is 18.6. The molecular weight excluding hydrogens is 457 g/mol. The quantitative estimate of drug-likeness (QED) is 0.117. The third-order valence-electron chi connectivity index (χ3n) is 4.02. The highest BCUT2D eigenvalue weighted by Crippen LogP contribution is 2.27. The third kappa shape index (κ3) is 7.13. The van der Waals surface area contributed by atoms with E-state index in [0.29, 0.717) is 10.1 Å². The maximum Gasteiger partial charge on any atom is 0.230 e. The molecule has 0 aliphatic heterocycles. The van der Waals surface area contributed by atoms with Crippen molar-refractivity contribution in [2.45, 2.75) is 44.4 Å². The molecule has 4 nitrogen and oxygen atoms in total. The monoisotopic (exact) mass is 477 g/mol. The molecule has 0 radical (unpaired) electrons. The van der Waals surface area contributed by atoms with Crippen LogP contribution in [0.5, 0.6) is 0 Å². The zero-order valence-electron chi connectivity index (χ0n) is 17.0. The van der Waals surface area contributed by atoms with Crippen LogP contribution in [0.2, 0.25) is 0 Å². The van der Waals surface area contributed by atoms with Gasteiger partial charge >= 0.3 is 0 Å². The highest BCUT2D eigenvalue weighted by atomic mass is 32.2. The number of thioether (sulfide) groups is 1. The van der Waals surface area contributed by atoms with Crippen LogP contribution in [0.4, 0.5) is 27.1 Å². The van der Waals surface area contributed by atoms with Gasteiger partial charge in [-0.2, -0.15) is 0 Å². The number of nitrogens with zero attached hydrogens (tertiary/aromatic N) is 2. The molecule has 0 saturated carbocycles. The summed E-state index contributed by atoms with van der Waals surface area (Å²) in [5, 5.41) is 9.96. The highest BCUT2D eigenvalue weighted by Gasteiger charge is 2.27. The average molecular weight is 478 g/mol. The molecule has 0 saturated heterocycles. The molecule has 0 aliphatic carbocycles. The molecule has 1 amide bonds. The molecule has 1 aromatic carbocycles. The lowest BCUT2D eigenvalue weighted by Gasteiger charge is -2.07. The Morgan fingerprint density at radius 3 is 2.19 bits per heavy atom. The zero-order chi connectivity index (χ0) is 23.1. The number of aromatic nitrogens is 2. The molecule has 31 heavy (non-hydrogen) atoms. The summed E-state index contributed by atoms with van der Waals surface area (Å²) in [5.41, 5.74) is 1.29. The van der Waals surface area contributed by atoms with E-state index in [2.05, 4.69) is 27.7 Å². The van der Waals surface area contributed by atoms with E-state index in [9.17, 15) is 26.7 Å². The van der Waals surface area contributed by atoms with E-state index in [1.807, 2.05) is 20.8 Å². The first-order valence-corrected chi connectivity index (χ1v) is 11.0. The van der Waals surface area contributed by atoms with Crippen LogP contribution in [-0.2, 0) is 11.2 Å². The molecule has 0 spiro atoms. The summed E-state index contributed by atoms with van der Waals surface area (Å²) in [6, 6.07) is 0. The number of allylic oxidation sites excluding steroid dienone is 3. The standard InChI is InChI=1S/C20H20F5N3OS2/c1-10(2)5-4-6-11(3)7-8-30-20-28-27-19(31-20)26-13(29)9-12-14(21)16(23)18(25)17(24)15(12)22/h5,7H,4,6,8-9H2,1-3H3,(H,26,27,29)/b11-7+. The number of halogens is 5. The predicted octanol–water partition coefficient (Wildman–Crippen LogP) is 6.20.